The Bertz CT molecular complexity index is 616. The van der Waals surface area contributed by atoms with E-state index in [0.29, 0.717) is 6.42 Å². The van der Waals surface area contributed by atoms with E-state index < -0.39 is 0 Å². The average molecular weight is 271 g/mol. The molecule has 1 amide bonds. The van der Waals surface area contributed by atoms with Crippen molar-refractivity contribution in [3.05, 3.63) is 47.3 Å². The molecule has 4 heteroatoms. The molecule has 20 heavy (non-hydrogen) atoms. The highest BCUT2D eigenvalue weighted by atomic mass is 16.1. The molecule has 106 valence electrons. The molecule has 0 radical (unpaired) electrons. The van der Waals surface area contributed by atoms with Gasteiger partial charge >= 0.3 is 0 Å². The van der Waals surface area contributed by atoms with Gasteiger partial charge in [-0.15, -0.1) is 0 Å². The van der Waals surface area contributed by atoms with Gasteiger partial charge in [-0.3, -0.25) is 9.48 Å². The maximum atomic E-state index is 12.1. The van der Waals surface area contributed by atoms with Crippen molar-refractivity contribution >= 4 is 11.6 Å². The van der Waals surface area contributed by atoms with Gasteiger partial charge in [-0.25, -0.2) is 0 Å². The first kappa shape index (κ1) is 14.3. The summed E-state index contributed by atoms with van der Waals surface area (Å²) in [5.41, 5.74) is 4.15. The van der Waals surface area contributed by atoms with E-state index >= 15 is 0 Å². The van der Waals surface area contributed by atoms with Crippen molar-refractivity contribution in [3.63, 3.8) is 0 Å². The van der Waals surface area contributed by atoms with Crippen molar-refractivity contribution in [3.8, 4) is 0 Å². The van der Waals surface area contributed by atoms with Crippen LogP contribution in [0.5, 0.6) is 0 Å². The SMILES string of the molecule is Cc1ccn([C@@H](C)CC(=O)Nc2cccc(C)c2C)n1. The summed E-state index contributed by atoms with van der Waals surface area (Å²) in [5, 5.41) is 7.32. The van der Waals surface area contributed by atoms with Crippen molar-refractivity contribution in [2.45, 2.75) is 40.2 Å². The van der Waals surface area contributed by atoms with E-state index in [0.717, 1.165) is 16.9 Å². The van der Waals surface area contributed by atoms with E-state index in [9.17, 15) is 4.79 Å². The molecule has 0 bridgehead atoms. The van der Waals surface area contributed by atoms with Crippen LogP contribution in [0.3, 0.4) is 0 Å². The van der Waals surface area contributed by atoms with Crippen molar-refractivity contribution in [2.24, 2.45) is 0 Å². The Kier molecular flexibility index (Phi) is 4.23. The summed E-state index contributed by atoms with van der Waals surface area (Å²) in [6.45, 7) is 8.00. The van der Waals surface area contributed by atoms with Crippen LogP contribution in [-0.4, -0.2) is 15.7 Å². The fourth-order valence-corrected chi connectivity index (χ4v) is 2.13. The van der Waals surface area contributed by atoms with Crippen molar-refractivity contribution in [1.29, 1.82) is 0 Å². The maximum Gasteiger partial charge on any atom is 0.226 e. The largest absolute Gasteiger partial charge is 0.326 e. The molecule has 2 aromatic rings. The number of hydrogen-bond donors (Lipinski definition) is 1. The minimum Gasteiger partial charge on any atom is -0.326 e. The van der Waals surface area contributed by atoms with Gasteiger partial charge in [0.25, 0.3) is 0 Å². The number of carbonyl (C=O) groups is 1. The van der Waals surface area contributed by atoms with Gasteiger partial charge < -0.3 is 5.32 Å². The fourth-order valence-electron chi connectivity index (χ4n) is 2.13. The molecule has 0 unspecified atom stereocenters. The second-order valence-electron chi connectivity index (χ2n) is 5.29. The number of anilines is 1. The Hall–Kier alpha value is -2.10. The third-order valence-corrected chi connectivity index (χ3v) is 3.55. The molecule has 0 spiro atoms. The number of carbonyl (C=O) groups excluding carboxylic acids is 1. The molecule has 1 atom stereocenters. The van der Waals surface area contributed by atoms with Gasteiger partial charge in [0.15, 0.2) is 0 Å². The average Bonchev–Trinajstić information content (AvgIpc) is 2.82. The van der Waals surface area contributed by atoms with E-state index in [1.54, 1.807) is 0 Å². The fraction of sp³-hybridized carbons (Fsp3) is 0.375. The predicted molar refractivity (Wildman–Crippen MR) is 80.8 cm³/mol. The van der Waals surface area contributed by atoms with E-state index in [1.807, 2.05) is 62.8 Å². The highest BCUT2D eigenvalue weighted by Gasteiger charge is 2.12. The van der Waals surface area contributed by atoms with Gasteiger partial charge in [0.05, 0.1) is 11.7 Å². The second kappa shape index (κ2) is 5.90. The summed E-state index contributed by atoms with van der Waals surface area (Å²) in [7, 11) is 0. The molecule has 0 saturated carbocycles. The number of aryl methyl sites for hydroxylation is 2. The third kappa shape index (κ3) is 3.26. The number of aromatic nitrogens is 2. The lowest BCUT2D eigenvalue weighted by Crippen LogP contribution is -2.18. The third-order valence-electron chi connectivity index (χ3n) is 3.55. The quantitative estimate of drug-likeness (QED) is 0.926. The molecular formula is C16H21N3O. The molecule has 1 N–H and O–H groups in total. The number of hydrogen-bond acceptors (Lipinski definition) is 2. The zero-order valence-electron chi connectivity index (χ0n) is 12.5. The minimum atomic E-state index is 0.0133. The van der Waals surface area contributed by atoms with Crippen molar-refractivity contribution in [2.75, 3.05) is 5.32 Å². The maximum absolute atomic E-state index is 12.1. The van der Waals surface area contributed by atoms with Gasteiger partial charge in [0.2, 0.25) is 5.91 Å². The number of nitrogens with one attached hydrogen (secondary N) is 1. The van der Waals surface area contributed by atoms with Crippen LogP contribution in [-0.2, 0) is 4.79 Å². The lowest BCUT2D eigenvalue weighted by Gasteiger charge is -2.14. The Labute approximate surface area is 119 Å². The summed E-state index contributed by atoms with van der Waals surface area (Å²) in [6, 6.07) is 7.93. The zero-order valence-corrected chi connectivity index (χ0v) is 12.5. The smallest absolute Gasteiger partial charge is 0.226 e. The summed E-state index contributed by atoms with van der Waals surface area (Å²) in [4.78, 5) is 12.1. The Morgan fingerprint density at radius 2 is 2.05 bits per heavy atom. The van der Waals surface area contributed by atoms with Crippen LogP contribution in [0.4, 0.5) is 5.69 Å². The molecule has 0 aliphatic rings. The molecule has 1 aromatic heterocycles. The lowest BCUT2D eigenvalue weighted by molar-refractivity contribution is -0.116. The number of benzene rings is 1. The standard InChI is InChI=1S/C16H21N3O/c1-11-6-5-7-15(14(11)4)17-16(20)10-13(3)19-9-8-12(2)18-19/h5-9,13H,10H2,1-4H3,(H,17,20)/t13-/m0/s1. The summed E-state index contributed by atoms with van der Waals surface area (Å²) < 4.78 is 1.83. The number of amides is 1. The first-order chi connectivity index (χ1) is 9.47. The molecule has 0 aliphatic carbocycles. The van der Waals surface area contributed by atoms with Crippen LogP contribution in [0.25, 0.3) is 0 Å². The molecule has 1 heterocycles. The first-order valence-corrected chi connectivity index (χ1v) is 6.85. The van der Waals surface area contributed by atoms with Crippen LogP contribution < -0.4 is 5.32 Å². The van der Waals surface area contributed by atoms with Crippen molar-refractivity contribution < 1.29 is 4.79 Å². The normalized spacial score (nSPS) is 12.2. The Morgan fingerprint density at radius 1 is 1.30 bits per heavy atom. The second-order valence-corrected chi connectivity index (χ2v) is 5.29. The van der Waals surface area contributed by atoms with Gasteiger partial charge in [-0.1, -0.05) is 12.1 Å². The number of rotatable bonds is 4. The zero-order chi connectivity index (χ0) is 14.7. The van der Waals surface area contributed by atoms with Gasteiger partial charge in [0.1, 0.15) is 0 Å². The predicted octanol–water partition coefficient (Wildman–Crippen LogP) is 3.40. The molecule has 0 aliphatic heterocycles. The van der Waals surface area contributed by atoms with Crippen LogP contribution >= 0.6 is 0 Å². The van der Waals surface area contributed by atoms with E-state index in [1.165, 1.54) is 5.56 Å². The van der Waals surface area contributed by atoms with Gasteiger partial charge in [0, 0.05) is 18.3 Å². The molecule has 4 nitrogen and oxygen atoms in total. The van der Waals surface area contributed by atoms with E-state index in [-0.39, 0.29) is 11.9 Å². The Balaban J connectivity index is 2.00. The summed E-state index contributed by atoms with van der Waals surface area (Å²) in [5.74, 6) is 0.0133. The van der Waals surface area contributed by atoms with Crippen LogP contribution in [0, 0.1) is 20.8 Å². The molecule has 0 fully saturated rings. The van der Waals surface area contributed by atoms with Crippen LogP contribution in [0.2, 0.25) is 0 Å². The first-order valence-electron chi connectivity index (χ1n) is 6.85. The highest BCUT2D eigenvalue weighted by Crippen LogP contribution is 2.19. The summed E-state index contributed by atoms with van der Waals surface area (Å²) in [6.07, 6.45) is 2.32. The molecular weight excluding hydrogens is 250 g/mol. The molecule has 2 rings (SSSR count). The van der Waals surface area contributed by atoms with Crippen LogP contribution in [0.15, 0.2) is 30.5 Å². The minimum absolute atomic E-state index is 0.0133. The van der Waals surface area contributed by atoms with Gasteiger partial charge in [-0.2, -0.15) is 5.10 Å². The monoisotopic (exact) mass is 271 g/mol. The molecule has 1 aromatic carbocycles. The lowest BCUT2D eigenvalue weighted by atomic mass is 10.1. The van der Waals surface area contributed by atoms with Crippen molar-refractivity contribution in [1.82, 2.24) is 9.78 Å². The highest BCUT2D eigenvalue weighted by molar-refractivity contribution is 5.91. The van der Waals surface area contributed by atoms with Crippen LogP contribution in [0.1, 0.15) is 36.2 Å². The molecule has 0 saturated heterocycles. The van der Waals surface area contributed by atoms with Gasteiger partial charge in [-0.05, 0) is 51.0 Å². The topological polar surface area (TPSA) is 46.9 Å². The van der Waals surface area contributed by atoms with E-state index in [4.69, 9.17) is 0 Å². The number of nitrogens with zero attached hydrogens (tertiary/aromatic N) is 2. The van der Waals surface area contributed by atoms with E-state index in [2.05, 4.69) is 10.4 Å². The summed E-state index contributed by atoms with van der Waals surface area (Å²) >= 11 is 0. The Morgan fingerprint density at radius 3 is 2.70 bits per heavy atom.